The van der Waals surface area contributed by atoms with E-state index in [0.717, 1.165) is 17.7 Å². The molecule has 1 rings (SSSR count). The van der Waals surface area contributed by atoms with E-state index in [4.69, 9.17) is 15.6 Å². The first-order valence-electron chi connectivity index (χ1n) is 5.83. The second-order valence-corrected chi connectivity index (χ2v) is 3.94. The maximum atomic E-state index is 10.8. The number of nitrogens with two attached hydrogens (primary N) is 1. The third-order valence-electron chi connectivity index (χ3n) is 2.57. The highest BCUT2D eigenvalue weighted by molar-refractivity contribution is 5.72. The van der Waals surface area contributed by atoms with E-state index in [-0.39, 0.29) is 0 Å². The van der Waals surface area contributed by atoms with Crippen LogP contribution in [0, 0.1) is 0 Å². The van der Waals surface area contributed by atoms with Crippen molar-refractivity contribution in [3.8, 4) is 0 Å². The standard InChI is InChI=1S/C13H19NO3/c1-2-5-12(13(15)16)17-9-8-10-6-3-4-7-11(10)14/h3-4,6-7,12H,2,5,8-9,14H2,1H3,(H,15,16). The van der Waals surface area contributed by atoms with Crippen molar-refractivity contribution in [2.45, 2.75) is 32.3 Å². The van der Waals surface area contributed by atoms with Crippen molar-refractivity contribution < 1.29 is 14.6 Å². The van der Waals surface area contributed by atoms with Gasteiger partial charge in [-0.2, -0.15) is 0 Å². The van der Waals surface area contributed by atoms with Crippen LogP contribution in [-0.4, -0.2) is 23.8 Å². The van der Waals surface area contributed by atoms with Gasteiger partial charge in [-0.15, -0.1) is 0 Å². The fourth-order valence-electron chi connectivity index (χ4n) is 1.61. The molecule has 1 atom stereocenters. The first kappa shape index (κ1) is 13.5. The molecule has 0 saturated carbocycles. The largest absolute Gasteiger partial charge is 0.479 e. The van der Waals surface area contributed by atoms with E-state index in [2.05, 4.69) is 0 Å². The molecule has 0 aliphatic rings. The van der Waals surface area contributed by atoms with Crippen molar-refractivity contribution in [2.24, 2.45) is 0 Å². The Morgan fingerprint density at radius 3 is 2.76 bits per heavy atom. The predicted molar refractivity (Wildman–Crippen MR) is 66.8 cm³/mol. The van der Waals surface area contributed by atoms with Gasteiger partial charge in [-0.05, 0) is 24.5 Å². The Bertz CT molecular complexity index is 365. The summed E-state index contributed by atoms with van der Waals surface area (Å²) in [5, 5.41) is 8.91. The van der Waals surface area contributed by atoms with Crippen molar-refractivity contribution >= 4 is 11.7 Å². The molecule has 0 aliphatic heterocycles. The van der Waals surface area contributed by atoms with Crippen LogP contribution < -0.4 is 5.73 Å². The third kappa shape index (κ3) is 4.44. The van der Waals surface area contributed by atoms with Crippen molar-refractivity contribution in [3.63, 3.8) is 0 Å². The van der Waals surface area contributed by atoms with Gasteiger partial charge in [0.2, 0.25) is 0 Å². The monoisotopic (exact) mass is 237 g/mol. The number of carbonyl (C=O) groups is 1. The quantitative estimate of drug-likeness (QED) is 0.712. The van der Waals surface area contributed by atoms with E-state index in [1.54, 1.807) is 0 Å². The van der Waals surface area contributed by atoms with Gasteiger partial charge in [0.25, 0.3) is 0 Å². The summed E-state index contributed by atoms with van der Waals surface area (Å²) in [5.41, 5.74) is 7.50. The first-order chi connectivity index (χ1) is 8.15. The number of benzene rings is 1. The summed E-state index contributed by atoms with van der Waals surface area (Å²) >= 11 is 0. The van der Waals surface area contributed by atoms with Gasteiger partial charge in [-0.3, -0.25) is 0 Å². The lowest BCUT2D eigenvalue weighted by molar-refractivity contribution is -0.150. The maximum absolute atomic E-state index is 10.8. The molecule has 1 unspecified atom stereocenters. The minimum absolute atomic E-state index is 0.380. The minimum atomic E-state index is -0.895. The molecule has 1 aromatic rings. The van der Waals surface area contributed by atoms with E-state index in [9.17, 15) is 4.79 Å². The highest BCUT2D eigenvalue weighted by atomic mass is 16.5. The predicted octanol–water partition coefficient (Wildman–Crippen LogP) is 2.08. The molecule has 0 aromatic heterocycles. The zero-order valence-corrected chi connectivity index (χ0v) is 10.1. The second-order valence-electron chi connectivity index (χ2n) is 3.94. The van der Waals surface area contributed by atoms with Gasteiger partial charge < -0.3 is 15.6 Å². The number of hydrogen-bond acceptors (Lipinski definition) is 3. The molecular weight excluding hydrogens is 218 g/mol. The number of rotatable bonds is 7. The van der Waals surface area contributed by atoms with Gasteiger partial charge in [0.15, 0.2) is 6.10 Å². The van der Waals surface area contributed by atoms with Crippen molar-refractivity contribution in [1.82, 2.24) is 0 Å². The van der Waals surface area contributed by atoms with E-state index < -0.39 is 12.1 Å². The molecule has 4 nitrogen and oxygen atoms in total. The van der Waals surface area contributed by atoms with Crippen molar-refractivity contribution in [1.29, 1.82) is 0 Å². The molecule has 0 aliphatic carbocycles. The number of para-hydroxylation sites is 1. The SMILES string of the molecule is CCCC(OCCc1ccccc1N)C(=O)O. The van der Waals surface area contributed by atoms with Crippen molar-refractivity contribution in [2.75, 3.05) is 12.3 Å². The number of aliphatic carboxylic acids is 1. The Morgan fingerprint density at radius 1 is 1.47 bits per heavy atom. The van der Waals surface area contributed by atoms with Crippen LogP contribution >= 0.6 is 0 Å². The van der Waals surface area contributed by atoms with Crippen LogP contribution in [-0.2, 0) is 16.0 Å². The number of ether oxygens (including phenoxy) is 1. The summed E-state index contributed by atoms with van der Waals surface area (Å²) in [4.78, 5) is 10.8. The van der Waals surface area contributed by atoms with E-state index in [1.165, 1.54) is 0 Å². The Labute approximate surface area is 101 Å². The number of carboxylic acid groups (broad SMARTS) is 1. The van der Waals surface area contributed by atoms with Crippen LogP contribution in [0.4, 0.5) is 5.69 Å². The lowest BCUT2D eigenvalue weighted by atomic mass is 10.1. The number of carboxylic acids is 1. The highest BCUT2D eigenvalue weighted by Crippen LogP contribution is 2.12. The first-order valence-corrected chi connectivity index (χ1v) is 5.83. The Balaban J connectivity index is 2.41. The second kappa shape index (κ2) is 6.91. The number of nitrogen functional groups attached to an aromatic ring is 1. The number of hydrogen-bond donors (Lipinski definition) is 2. The summed E-state index contributed by atoms with van der Waals surface area (Å²) in [7, 11) is 0. The van der Waals surface area contributed by atoms with Crippen molar-refractivity contribution in [3.05, 3.63) is 29.8 Å². The topological polar surface area (TPSA) is 72.5 Å². The molecule has 1 aromatic carbocycles. The van der Waals surface area contributed by atoms with E-state index in [0.29, 0.717) is 19.4 Å². The molecule has 0 amide bonds. The van der Waals surface area contributed by atoms with Gasteiger partial charge in [0.1, 0.15) is 0 Å². The normalized spacial score (nSPS) is 12.3. The van der Waals surface area contributed by atoms with Crippen LogP contribution in [0.25, 0.3) is 0 Å². The average Bonchev–Trinajstić information content (AvgIpc) is 2.30. The third-order valence-corrected chi connectivity index (χ3v) is 2.57. The molecular formula is C13H19NO3. The minimum Gasteiger partial charge on any atom is -0.479 e. The summed E-state index contributed by atoms with van der Waals surface area (Å²) in [6.45, 7) is 2.32. The Morgan fingerprint density at radius 2 is 2.18 bits per heavy atom. The summed E-state index contributed by atoms with van der Waals surface area (Å²) in [5.74, 6) is -0.895. The highest BCUT2D eigenvalue weighted by Gasteiger charge is 2.16. The van der Waals surface area contributed by atoms with Crippen LogP contribution in [0.1, 0.15) is 25.3 Å². The van der Waals surface area contributed by atoms with Crippen LogP contribution in [0.2, 0.25) is 0 Å². The maximum Gasteiger partial charge on any atom is 0.332 e. The van der Waals surface area contributed by atoms with Gasteiger partial charge in [-0.1, -0.05) is 31.5 Å². The Hall–Kier alpha value is -1.55. The Kier molecular flexibility index (Phi) is 5.49. The van der Waals surface area contributed by atoms with Crippen LogP contribution in [0.15, 0.2) is 24.3 Å². The van der Waals surface area contributed by atoms with Gasteiger partial charge in [-0.25, -0.2) is 4.79 Å². The molecule has 3 N–H and O–H groups in total. The molecule has 0 spiro atoms. The molecule has 0 fully saturated rings. The molecule has 0 heterocycles. The zero-order valence-electron chi connectivity index (χ0n) is 10.1. The zero-order chi connectivity index (χ0) is 12.7. The molecule has 94 valence electrons. The van der Waals surface area contributed by atoms with Gasteiger partial charge >= 0.3 is 5.97 Å². The molecule has 0 saturated heterocycles. The van der Waals surface area contributed by atoms with Crippen LogP contribution in [0.3, 0.4) is 0 Å². The fraction of sp³-hybridized carbons (Fsp3) is 0.462. The van der Waals surface area contributed by atoms with Crippen LogP contribution in [0.5, 0.6) is 0 Å². The van der Waals surface area contributed by atoms with E-state index in [1.807, 2.05) is 31.2 Å². The molecule has 17 heavy (non-hydrogen) atoms. The van der Waals surface area contributed by atoms with Gasteiger partial charge in [0.05, 0.1) is 6.61 Å². The van der Waals surface area contributed by atoms with E-state index >= 15 is 0 Å². The summed E-state index contributed by atoms with van der Waals surface area (Å²) < 4.78 is 5.35. The average molecular weight is 237 g/mol. The number of anilines is 1. The lowest BCUT2D eigenvalue weighted by Gasteiger charge is -2.13. The fourth-order valence-corrected chi connectivity index (χ4v) is 1.61. The molecule has 0 radical (unpaired) electrons. The summed E-state index contributed by atoms with van der Waals surface area (Å²) in [6.07, 6.45) is 1.27. The van der Waals surface area contributed by atoms with Gasteiger partial charge in [0, 0.05) is 5.69 Å². The summed E-state index contributed by atoms with van der Waals surface area (Å²) in [6, 6.07) is 7.54. The molecule has 4 heteroatoms. The lowest BCUT2D eigenvalue weighted by Crippen LogP contribution is -2.24. The smallest absolute Gasteiger partial charge is 0.332 e. The molecule has 0 bridgehead atoms.